The first-order valence-electron chi connectivity index (χ1n) is 8.20. The van der Waals surface area contributed by atoms with Crippen LogP contribution >= 0.6 is 0 Å². The van der Waals surface area contributed by atoms with E-state index < -0.39 is 6.10 Å². The number of hydrogen-bond donors (Lipinski definition) is 4. The van der Waals surface area contributed by atoms with E-state index in [0.717, 1.165) is 16.7 Å². The van der Waals surface area contributed by atoms with Crippen LogP contribution in [0.2, 0.25) is 0 Å². The molecular formula is C19H22O6. The highest BCUT2D eigenvalue weighted by Crippen LogP contribution is 2.51. The van der Waals surface area contributed by atoms with Gasteiger partial charge in [0.25, 0.3) is 0 Å². The third-order valence-electron chi connectivity index (χ3n) is 4.52. The fraction of sp³-hybridized carbons (Fsp3) is 0.368. The van der Waals surface area contributed by atoms with E-state index in [1.54, 1.807) is 18.2 Å². The quantitative estimate of drug-likeness (QED) is 0.640. The topological polar surface area (TPSA) is 99.4 Å². The highest BCUT2D eigenvalue weighted by Gasteiger charge is 2.37. The number of aliphatic hydroxyl groups excluding tert-OH is 2. The summed E-state index contributed by atoms with van der Waals surface area (Å²) in [5.41, 5.74) is 2.37. The monoisotopic (exact) mass is 346 g/mol. The van der Waals surface area contributed by atoms with Gasteiger partial charge in [-0.05, 0) is 42.2 Å². The molecule has 0 amide bonds. The van der Waals surface area contributed by atoms with Crippen LogP contribution < -0.4 is 9.47 Å². The number of phenols is 2. The van der Waals surface area contributed by atoms with Crippen LogP contribution in [0.5, 0.6) is 23.0 Å². The maximum absolute atomic E-state index is 10.3. The van der Waals surface area contributed by atoms with Crippen LogP contribution in [0.3, 0.4) is 0 Å². The van der Waals surface area contributed by atoms with Gasteiger partial charge in [0.1, 0.15) is 6.10 Å². The van der Waals surface area contributed by atoms with Crippen molar-refractivity contribution in [3.05, 3.63) is 47.0 Å². The van der Waals surface area contributed by atoms with E-state index in [9.17, 15) is 15.3 Å². The predicted octanol–water partition coefficient (Wildman–Crippen LogP) is 2.24. The third kappa shape index (κ3) is 3.23. The molecule has 1 heterocycles. The molecule has 0 spiro atoms. The fourth-order valence-electron chi connectivity index (χ4n) is 3.27. The first-order chi connectivity index (χ1) is 12.1. The Labute approximate surface area is 145 Å². The van der Waals surface area contributed by atoms with Gasteiger partial charge in [-0.2, -0.15) is 0 Å². The zero-order valence-corrected chi connectivity index (χ0v) is 14.0. The normalized spacial score (nSPS) is 18.7. The minimum Gasteiger partial charge on any atom is -0.504 e. The molecule has 2 atom stereocenters. The van der Waals surface area contributed by atoms with Crippen molar-refractivity contribution in [1.29, 1.82) is 0 Å². The van der Waals surface area contributed by atoms with E-state index in [1.165, 1.54) is 13.2 Å². The number of methoxy groups -OCH3 is 1. The standard InChI is InChI=1S/C19H22O6/c1-24-17-9-12(4-5-15(17)22)18-14(10-21)13-7-11(3-2-6-20)8-16(23)19(13)25-18/h4-5,7-9,14,18,20-23H,2-3,6,10H2,1H3/t14-,18-/m1/s1. The molecule has 4 N–H and O–H groups in total. The summed E-state index contributed by atoms with van der Waals surface area (Å²) in [6.07, 6.45) is 0.739. The Kier molecular flexibility index (Phi) is 5.01. The summed E-state index contributed by atoms with van der Waals surface area (Å²) in [6, 6.07) is 8.42. The highest BCUT2D eigenvalue weighted by atomic mass is 16.5. The molecule has 1 aliphatic rings. The van der Waals surface area contributed by atoms with Gasteiger partial charge in [-0.1, -0.05) is 12.1 Å². The first-order valence-corrected chi connectivity index (χ1v) is 8.20. The minimum atomic E-state index is -0.492. The van der Waals surface area contributed by atoms with Gasteiger partial charge >= 0.3 is 0 Å². The predicted molar refractivity (Wildman–Crippen MR) is 91.4 cm³/mol. The minimum absolute atomic E-state index is 0.0245. The van der Waals surface area contributed by atoms with Crippen molar-refractivity contribution in [1.82, 2.24) is 0 Å². The average molecular weight is 346 g/mol. The van der Waals surface area contributed by atoms with E-state index >= 15 is 0 Å². The van der Waals surface area contributed by atoms with Gasteiger partial charge in [-0.15, -0.1) is 0 Å². The van der Waals surface area contributed by atoms with Crippen LogP contribution in [0.25, 0.3) is 0 Å². The van der Waals surface area contributed by atoms with Crippen LogP contribution in [0.1, 0.15) is 35.1 Å². The Hall–Kier alpha value is -2.44. The number of aryl methyl sites for hydroxylation is 1. The molecule has 0 saturated carbocycles. The van der Waals surface area contributed by atoms with Crippen LogP contribution in [0.4, 0.5) is 0 Å². The van der Waals surface area contributed by atoms with E-state index in [-0.39, 0.29) is 30.6 Å². The third-order valence-corrected chi connectivity index (χ3v) is 4.52. The summed E-state index contributed by atoms with van der Waals surface area (Å²) in [7, 11) is 1.46. The molecule has 6 nitrogen and oxygen atoms in total. The summed E-state index contributed by atoms with van der Waals surface area (Å²) < 4.78 is 11.1. The Morgan fingerprint density at radius 3 is 2.56 bits per heavy atom. The lowest BCUT2D eigenvalue weighted by Crippen LogP contribution is -2.13. The van der Waals surface area contributed by atoms with Crippen molar-refractivity contribution in [2.45, 2.75) is 24.9 Å². The molecule has 1 aliphatic heterocycles. The molecule has 0 radical (unpaired) electrons. The lowest BCUT2D eigenvalue weighted by atomic mass is 9.90. The van der Waals surface area contributed by atoms with E-state index in [1.807, 2.05) is 6.07 Å². The summed E-state index contributed by atoms with van der Waals surface area (Å²) >= 11 is 0. The van der Waals surface area contributed by atoms with Crippen LogP contribution in [-0.2, 0) is 6.42 Å². The second kappa shape index (κ2) is 7.21. The Morgan fingerprint density at radius 1 is 1.08 bits per heavy atom. The number of benzene rings is 2. The van der Waals surface area contributed by atoms with Gasteiger partial charge in [0.2, 0.25) is 0 Å². The summed E-state index contributed by atoms with van der Waals surface area (Å²) in [5.74, 6) is 0.392. The van der Waals surface area contributed by atoms with Crippen molar-refractivity contribution >= 4 is 0 Å². The number of phenolic OH excluding ortho intramolecular Hbond substituents is 2. The van der Waals surface area contributed by atoms with Gasteiger partial charge in [0.15, 0.2) is 23.0 Å². The molecule has 0 aromatic heterocycles. The van der Waals surface area contributed by atoms with Crippen molar-refractivity contribution in [3.8, 4) is 23.0 Å². The number of fused-ring (bicyclic) bond motifs is 1. The number of ether oxygens (including phenoxy) is 2. The van der Waals surface area contributed by atoms with Crippen molar-refractivity contribution in [3.63, 3.8) is 0 Å². The number of hydrogen-bond acceptors (Lipinski definition) is 6. The molecule has 2 aromatic rings. The SMILES string of the molecule is COc1cc([C@H]2Oc3c(O)cc(CCCO)cc3[C@H]2CO)ccc1O. The van der Waals surface area contributed by atoms with Crippen molar-refractivity contribution in [2.24, 2.45) is 0 Å². The molecule has 0 fully saturated rings. The fourth-order valence-corrected chi connectivity index (χ4v) is 3.27. The number of rotatable bonds is 6. The molecule has 0 unspecified atom stereocenters. The van der Waals surface area contributed by atoms with Gasteiger partial charge in [-0.3, -0.25) is 0 Å². The highest BCUT2D eigenvalue weighted by molar-refractivity contribution is 5.55. The summed E-state index contributed by atoms with van der Waals surface area (Å²) in [4.78, 5) is 0. The smallest absolute Gasteiger partial charge is 0.165 e. The maximum atomic E-state index is 10.3. The van der Waals surface area contributed by atoms with Crippen LogP contribution in [-0.4, -0.2) is 40.7 Å². The van der Waals surface area contributed by atoms with E-state index in [4.69, 9.17) is 14.6 Å². The van der Waals surface area contributed by atoms with Crippen LogP contribution in [0.15, 0.2) is 30.3 Å². The average Bonchev–Trinajstić information content (AvgIpc) is 2.99. The molecule has 0 bridgehead atoms. The molecule has 0 aliphatic carbocycles. The van der Waals surface area contributed by atoms with Crippen molar-refractivity contribution < 1.29 is 29.9 Å². The molecule has 2 aromatic carbocycles. The van der Waals surface area contributed by atoms with Gasteiger partial charge < -0.3 is 29.9 Å². The van der Waals surface area contributed by atoms with E-state index in [2.05, 4.69) is 0 Å². The maximum Gasteiger partial charge on any atom is 0.165 e. The zero-order valence-electron chi connectivity index (χ0n) is 14.0. The lowest BCUT2D eigenvalue weighted by Gasteiger charge is -2.18. The molecule has 25 heavy (non-hydrogen) atoms. The summed E-state index contributed by atoms with van der Waals surface area (Å²) in [6.45, 7) is -0.0720. The second-order valence-corrected chi connectivity index (χ2v) is 6.12. The van der Waals surface area contributed by atoms with Gasteiger partial charge in [0, 0.05) is 12.2 Å². The number of aliphatic hydroxyl groups is 2. The van der Waals surface area contributed by atoms with E-state index in [0.29, 0.717) is 24.3 Å². The zero-order chi connectivity index (χ0) is 18.0. The van der Waals surface area contributed by atoms with Gasteiger partial charge in [-0.25, -0.2) is 0 Å². The Morgan fingerprint density at radius 2 is 1.88 bits per heavy atom. The Bertz CT molecular complexity index is 758. The lowest BCUT2D eigenvalue weighted by molar-refractivity contribution is 0.157. The molecule has 6 heteroatoms. The van der Waals surface area contributed by atoms with Crippen molar-refractivity contribution in [2.75, 3.05) is 20.3 Å². The van der Waals surface area contributed by atoms with Gasteiger partial charge in [0.05, 0.1) is 19.6 Å². The number of aromatic hydroxyl groups is 2. The second-order valence-electron chi connectivity index (χ2n) is 6.12. The summed E-state index contributed by atoms with van der Waals surface area (Å²) in [5, 5.41) is 39.0. The molecule has 3 rings (SSSR count). The largest absolute Gasteiger partial charge is 0.504 e. The first kappa shape index (κ1) is 17.4. The molecule has 134 valence electrons. The van der Waals surface area contributed by atoms with Crippen LogP contribution in [0, 0.1) is 0 Å². The molecular weight excluding hydrogens is 324 g/mol. The molecule has 0 saturated heterocycles. The Balaban J connectivity index is 1.97.